The summed E-state index contributed by atoms with van der Waals surface area (Å²) in [4.78, 5) is 27.5. The third kappa shape index (κ3) is 4.37. The van der Waals surface area contributed by atoms with Gasteiger partial charge < -0.3 is 15.5 Å². The molecule has 1 aliphatic heterocycles. The van der Waals surface area contributed by atoms with Crippen LogP contribution in [0, 0.1) is 11.3 Å². The molecule has 2 fully saturated rings. The van der Waals surface area contributed by atoms with Crippen LogP contribution >= 0.6 is 0 Å². The molecule has 142 valence electrons. The largest absolute Gasteiger partial charge is 0.372 e. The lowest BCUT2D eigenvalue weighted by Crippen LogP contribution is -2.40. The van der Waals surface area contributed by atoms with Crippen molar-refractivity contribution in [3.05, 3.63) is 24.3 Å². The highest BCUT2D eigenvalue weighted by atomic mass is 16.2. The lowest BCUT2D eigenvalue weighted by atomic mass is 10.0. The van der Waals surface area contributed by atoms with Crippen LogP contribution < -0.4 is 15.5 Å². The van der Waals surface area contributed by atoms with Gasteiger partial charge >= 0.3 is 0 Å². The van der Waals surface area contributed by atoms with Crippen molar-refractivity contribution in [1.82, 2.24) is 5.32 Å². The number of nitrogens with one attached hydrogen (secondary N) is 2. The van der Waals surface area contributed by atoms with Gasteiger partial charge in [0.05, 0.1) is 0 Å². The zero-order valence-corrected chi connectivity index (χ0v) is 16.0. The van der Waals surface area contributed by atoms with Gasteiger partial charge in [-0.2, -0.15) is 0 Å². The van der Waals surface area contributed by atoms with Crippen LogP contribution in [0.3, 0.4) is 0 Å². The predicted octanol–water partition coefficient (Wildman–Crippen LogP) is 3.56. The maximum atomic E-state index is 12.6. The molecule has 1 aliphatic carbocycles. The topological polar surface area (TPSA) is 61.4 Å². The molecular formula is C21H31N3O2. The van der Waals surface area contributed by atoms with E-state index >= 15 is 0 Å². The fourth-order valence-corrected chi connectivity index (χ4v) is 3.48. The molecule has 0 unspecified atom stereocenters. The normalized spacial score (nSPS) is 18.5. The van der Waals surface area contributed by atoms with Gasteiger partial charge in [0.2, 0.25) is 11.8 Å². The molecule has 0 aromatic heterocycles. The van der Waals surface area contributed by atoms with Crippen molar-refractivity contribution in [2.75, 3.05) is 29.9 Å². The molecule has 1 saturated heterocycles. The van der Waals surface area contributed by atoms with Gasteiger partial charge in [0.1, 0.15) is 5.41 Å². The van der Waals surface area contributed by atoms with Crippen molar-refractivity contribution < 1.29 is 9.59 Å². The number of benzene rings is 1. The molecule has 5 nitrogen and oxygen atoms in total. The summed E-state index contributed by atoms with van der Waals surface area (Å²) in [5.41, 5.74) is 1.11. The minimum Gasteiger partial charge on any atom is -0.372 e. The molecule has 1 heterocycles. The molecule has 2 aliphatic rings. The quantitative estimate of drug-likeness (QED) is 0.734. The Morgan fingerprint density at radius 2 is 1.69 bits per heavy atom. The van der Waals surface area contributed by atoms with Gasteiger partial charge in [-0.15, -0.1) is 0 Å². The Hall–Kier alpha value is -2.04. The Morgan fingerprint density at radius 3 is 2.27 bits per heavy atom. The number of carbonyl (C=O) groups excluding carboxylic acids is 2. The van der Waals surface area contributed by atoms with E-state index in [4.69, 9.17) is 0 Å². The van der Waals surface area contributed by atoms with Gasteiger partial charge in [-0.25, -0.2) is 0 Å². The molecule has 26 heavy (non-hydrogen) atoms. The van der Waals surface area contributed by atoms with Crippen LogP contribution in [-0.4, -0.2) is 31.4 Å². The smallest absolute Gasteiger partial charge is 0.240 e. The molecule has 2 amide bonds. The zero-order valence-electron chi connectivity index (χ0n) is 16.0. The summed E-state index contributed by atoms with van der Waals surface area (Å²) in [5, 5.41) is 5.87. The van der Waals surface area contributed by atoms with Gasteiger partial charge in [0, 0.05) is 31.0 Å². The molecule has 0 spiro atoms. The van der Waals surface area contributed by atoms with Gasteiger partial charge in [0.25, 0.3) is 0 Å². The summed E-state index contributed by atoms with van der Waals surface area (Å²) in [7, 11) is 0. The van der Waals surface area contributed by atoms with Crippen molar-refractivity contribution in [3.63, 3.8) is 0 Å². The number of hydrogen-bond donors (Lipinski definition) is 2. The fraction of sp³-hybridized carbons (Fsp3) is 0.619. The average Bonchev–Trinajstić information content (AvgIpc) is 3.45. The van der Waals surface area contributed by atoms with Crippen LogP contribution in [0.2, 0.25) is 0 Å². The molecule has 2 N–H and O–H groups in total. The number of piperidine rings is 1. The van der Waals surface area contributed by atoms with Crippen LogP contribution in [-0.2, 0) is 9.59 Å². The lowest BCUT2D eigenvalue weighted by Gasteiger charge is -2.28. The molecule has 0 radical (unpaired) electrons. The molecule has 1 saturated carbocycles. The van der Waals surface area contributed by atoms with Crippen LogP contribution in [0.25, 0.3) is 0 Å². The van der Waals surface area contributed by atoms with Crippen LogP contribution in [0.5, 0.6) is 0 Å². The Kier molecular flexibility index (Phi) is 5.84. The molecule has 0 atom stereocenters. The molecule has 0 bridgehead atoms. The molecular weight excluding hydrogens is 326 g/mol. The van der Waals surface area contributed by atoms with Crippen molar-refractivity contribution in [3.8, 4) is 0 Å². The van der Waals surface area contributed by atoms with Crippen LogP contribution in [0.4, 0.5) is 11.4 Å². The summed E-state index contributed by atoms with van der Waals surface area (Å²) in [6.07, 6.45) is 6.00. The molecule has 5 heteroatoms. The number of carbonyl (C=O) groups is 2. The van der Waals surface area contributed by atoms with Gasteiger partial charge in [-0.3, -0.25) is 9.59 Å². The summed E-state index contributed by atoms with van der Waals surface area (Å²) in [5.74, 6) is 0.239. The second-order valence-corrected chi connectivity index (χ2v) is 8.07. The highest BCUT2D eigenvalue weighted by Crippen LogP contribution is 2.46. The summed E-state index contributed by atoms with van der Waals surface area (Å²) in [6, 6.07) is 8.00. The molecule has 1 aromatic carbocycles. The van der Waals surface area contributed by atoms with E-state index in [2.05, 4.69) is 41.5 Å². The van der Waals surface area contributed by atoms with Crippen molar-refractivity contribution in [2.24, 2.45) is 11.3 Å². The van der Waals surface area contributed by atoms with Crippen molar-refractivity contribution in [1.29, 1.82) is 0 Å². The third-order valence-corrected chi connectivity index (χ3v) is 5.47. The second kappa shape index (κ2) is 8.11. The second-order valence-electron chi connectivity index (χ2n) is 8.07. The fourth-order valence-electron chi connectivity index (χ4n) is 3.48. The molecule has 1 aromatic rings. The predicted molar refractivity (Wildman–Crippen MR) is 105 cm³/mol. The maximum Gasteiger partial charge on any atom is 0.240 e. The van der Waals surface area contributed by atoms with E-state index in [-0.39, 0.29) is 11.8 Å². The first-order valence-electron chi connectivity index (χ1n) is 9.96. The molecule has 3 rings (SSSR count). The van der Waals surface area contributed by atoms with E-state index in [1.165, 1.54) is 24.9 Å². The first kappa shape index (κ1) is 18.7. The number of anilines is 2. The highest BCUT2D eigenvalue weighted by Gasteiger charge is 2.56. The van der Waals surface area contributed by atoms with Crippen LogP contribution in [0.15, 0.2) is 24.3 Å². The zero-order chi connectivity index (χ0) is 18.6. The monoisotopic (exact) mass is 357 g/mol. The minimum absolute atomic E-state index is 0.124. The number of rotatable bonds is 7. The summed E-state index contributed by atoms with van der Waals surface area (Å²) in [6.45, 7) is 7.09. The van der Waals surface area contributed by atoms with Gasteiger partial charge in [-0.05, 0) is 68.7 Å². The van der Waals surface area contributed by atoms with E-state index in [0.29, 0.717) is 25.3 Å². The van der Waals surface area contributed by atoms with Crippen LogP contribution in [0.1, 0.15) is 52.4 Å². The number of amides is 2. The summed E-state index contributed by atoms with van der Waals surface area (Å²) >= 11 is 0. The first-order valence-corrected chi connectivity index (χ1v) is 9.96. The van der Waals surface area contributed by atoms with Gasteiger partial charge in [-0.1, -0.05) is 13.8 Å². The van der Waals surface area contributed by atoms with E-state index < -0.39 is 5.41 Å². The van der Waals surface area contributed by atoms with Gasteiger partial charge in [0.15, 0.2) is 0 Å². The highest BCUT2D eigenvalue weighted by molar-refractivity contribution is 6.13. The van der Waals surface area contributed by atoms with Crippen molar-refractivity contribution in [2.45, 2.75) is 52.4 Å². The first-order chi connectivity index (χ1) is 12.5. The number of nitrogens with zero attached hydrogens (tertiary/aromatic N) is 1. The minimum atomic E-state index is -0.859. The van der Waals surface area contributed by atoms with E-state index in [9.17, 15) is 9.59 Å². The Bertz CT molecular complexity index is 629. The maximum absolute atomic E-state index is 12.6. The SMILES string of the molecule is CC(C)CCNC(=O)C1(C(=O)Nc2ccc(N3CCCCC3)cc2)CC1. The Balaban J connectivity index is 1.54. The van der Waals surface area contributed by atoms with E-state index in [1.807, 2.05) is 12.1 Å². The standard InChI is InChI=1S/C21H31N3O2/c1-16(2)10-13-22-19(25)21(11-12-21)20(26)23-17-6-8-18(9-7-17)24-14-4-3-5-15-24/h6-9,16H,3-5,10-15H2,1-2H3,(H,22,25)(H,23,26). The third-order valence-electron chi connectivity index (χ3n) is 5.47. The average molecular weight is 357 g/mol. The number of hydrogen-bond acceptors (Lipinski definition) is 3. The van der Waals surface area contributed by atoms with E-state index in [1.54, 1.807) is 0 Å². The lowest BCUT2D eigenvalue weighted by molar-refractivity contribution is -0.134. The van der Waals surface area contributed by atoms with E-state index in [0.717, 1.165) is 25.2 Å². The Labute approximate surface area is 156 Å². The summed E-state index contributed by atoms with van der Waals surface area (Å²) < 4.78 is 0. The Morgan fingerprint density at radius 1 is 1.04 bits per heavy atom. The van der Waals surface area contributed by atoms with Crippen molar-refractivity contribution >= 4 is 23.2 Å².